The number of rotatable bonds is 9. The van der Waals surface area contributed by atoms with Gasteiger partial charge in [0.15, 0.2) is 6.61 Å². The topological polar surface area (TPSA) is 156 Å². The molecule has 0 amide bonds. The molecule has 0 unspecified atom stereocenters. The van der Waals surface area contributed by atoms with E-state index in [2.05, 4.69) is 0 Å². The summed E-state index contributed by atoms with van der Waals surface area (Å²) in [5.74, 6) is -0.0971. The third kappa shape index (κ3) is 5.83. The van der Waals surface area contributed by atoms with Gasteiger partial charge in [0, 0.05) is 11.1 Å². The Bertz CT molecular complexity index is 1110. The molecule has 0 saturated heterocycles. The second-order valence-electron chi connectivity index (χ2n) is 6.77. The number of carbonyl (C=O) groups is 1. The Hall–Kier alpha value is -4.33. The average molecular weight is 418 g/mol. The van der Waals surface area contributed by atoms with Crippen LogP contribution in [0.15, 0.2) is 66.7 Å². The highest BCUT2D eigenvalue weighted by Crippen LogP contribution is 2.27. The molecule has 0 saturated carbocycles. The third-order valence-electron chi connectivity index (χ3n) is 4.43. The molecule has 158 valence electrons. The summed E-state index contributed by atoms with van der Waals surface area (Å²) in [6.07, 6.45) is 0. The van der Waals surface area contributed by atoms with Gasteiger partial charge in [-0.1, -0.05) is 24.3 Å². The van der Waals surface area contributed by atoms with E-state index in [0.717, 1.165) is 16.7 Å². The Balaban J connectivity index is 1.84. The normalized spacial score (nSPS) is 10.3. The van der Waals surface area contributed by atoms with Gasteiger partial charge >= 0.3 is 5.97 Å². The summed E-state index contributed by atoms with van der Waals surface area (Å²) in [5.41, 5.74) is 14.6. The molecule has 7 N–H and O–H groups in total. The average Bonchev–Trinajstić information content (AvgIpc) is 2.76. The van der Waals surface area contributed by atoms with Crippen molar-refractivity contribution in [3.63, 3.8) is 0 Å². The van der Waals surface area contributed by atoms with Crippen LogP contribution in [-0.2, 0) is 11.4 Å². The lowest BCUT2D eigenvalue weighted by molar-refractivity contribution is -0.139. The predicted octanol–water partition coefficient (Wildman–Crippen LogP) is 2.96. The van der Waals surface area contributed by atoms with Crippen LogP contribution in [0.25, 0.3) is 11.1 Å². The first kappa shape index (κ1) is 21.4. The van der Waals surface area contributed by atoms with E-state index in [4.69, 9.17) is 36.9 Å². The SMILES string of the molecule is N=C(N)c1ccc(OCc2cc(OCC(=O)O)cc(-c3ccc(C(=N)N)cc3)c2)cc1. The molecule has 8 nitrogen and oxygen atoms in total. The molecule has 3 rings (SSSR count). The molecule has 0 heterocycles. The lowest BCUT2D eigenvalue weighted by Gasteiger charge is -2.12. The van der Waals surface area contributed by atoms with E-state index < -0.39 is 12.6 Å². The van der Waals surface area contributed by atoms with Crippen molar-refractivity contribution in [1.82, 2.24) is 0 Å². The Morgan fingerprint density at radius 2 is 1.35 bits per heavy atom. The van der Waals surface area contributed by atoms with Crippen LogP contribution >= 0.6 is 0 Å². The summed E-state index contributed by atoms with van der Waals surface area (Å²) in [4.78, 5) is 10.9. The van der Waals surface area contributed by atoms with Crippen LogP contribution in [-0.4, -0.2) is 29.4 Å². The van der Waals surface area contributed by atoms with Gasteiger partial charge in [0.05, 0.1) is 0 Å². The third-order valence-corrected chi connectivity index (χ3v) is 4.43. The summed E-state index contributed by atoms with van der Waals surface area (Å²) in [5, 5.41) is 23.9. The van der Waals surface area contributed by atoms with Gasteiger partial charge in [-0.2, -0.15) is 0 Å². The van der Waals surface area contributed by atoms with Crippen LogP contribution in [0, 0.1) is 10.8 Å². The molecule has 8 heteroatoms. The summed E-state index contributed by atoms with van der Waals surface area (Å²) in [7, 11) is 0. The minimum Gasteiger partial charge on any atom is -0.489 e. The maximum absolute atomic E-state index is 10.9. The summed E-state index contributed by atoms with van der Waals surface area (Å²) in [6, 6.07) is 19.4. The highest BCUT2D eigenvalue weighted by atomic mass is 16.5. The van der Waals surface area contributed by atoms with Crippen LogP contribution in [0.5, 0.6) is 11.5 Å². The molecular formula is C23H22N4O4. The lowest BCUT2D eigenvalue weighted by atomic mass is 10.0. The molecule has 3 aromatic carbocycles. The zero-order chi connectivity index (χ0) is 22.4. The number of hydrogen-bond donors (Lipinski definition) is 5. The van der Waals surface area contributed by atoms with Crippen LogP contribution in [0.2, 0.25) is 0 Å². The fourth-order valence-electron chi connectivity index (χ4n) is 2.88. The quantitative estimate of drug-likeness (QED) is 0.266. The molecular weight excluding hydrogens is 396 g/mol. The molecule has 3 aromatic rings. The van der Waals surface area contributed by atoms with E-state index in [1.54, 1.807) is 48.5 Å². The molecule has 0 aliphatic carbocycles. The van der Waals surface area contributed by atoms with E-state index in [1.807, 2.05) is 18.2 Å². The minimum absolute atomic E-state index is 0.0183. The van der Waals surface area contributed by atoms with E-state index >= 15 is 0 Å². The maximum Gasteiger partial charge on any atom is 0.341 e. The maximum atomic E-state index is 10.9. The highest BCUT2D eigenvalue weighted by molar-refractivity contribution is 5.95. The summed E-state index contributed by atoms with van der Waals surface area (Å²) >= 11 is 0. The van der Waals surface area contributed by atoms with Crippen LogP contribution in [0.1, 0.15) is 16.7 Å². The first-order chi connectivity index (χ1) is 14.8. The van der Waals surface area contributed by atoms with E-state index in [1.165, 1.54) is 0 Å². The zero-order valence-electron chi connectivity index (χ0n) is 16.6. The predicted molar refractivity (Wildman–Crippen MR) is 118 cm³/mol. The van der Waals surface area contributed by atoms with E-state index in [0.29, 0.717) is 22.6 Å². The van der Waals surface area contributed by atoms with Crippen molar-refractivity contribution >= 4 is 17.6 Å². The zero-order valence-corrected chi connectivity index (χ0v) is 16.6. The number of carboxylic acid groups (broad SMARTS) is 1. The molecule has 0 atom stereocenters. The van der Waals surface area contributed by atoms with Crippen molar-refractivity contribution in [2.75, 3.05) is 6.61 Å². The second kappa shape index (κ2) is 9.45. The van der Waals surface area contributed by atoms with Crippen molar-refractivity contribution in [3.8, 4) is 22.6 Å². The molecule has 0 spiro atoms. The second-order valence-corrected chi connectivity index (χ2v) is 6.77. The fourth-order valence-corrected chi connectivity index (χ4v) is 2.88. The van der Waals surface area contributed by atoms with Crippen molar-refractivity contribution in [1.29, 1.82) is 10.8 Å². The summed E-state index contributed by atoms with van der Waals surface area (Å²) < 4.78 is 11.2. The monoisotopic (exact) mass is 418 g/mol. The molecule has 0 aliphatic rings. The first-order valence-corrected chi connectivity index (χ1v) is 9.32. The number of nitrogens with two attached hydrogens (primary N) is 2. The van der Waals surface area contributed by atoms with Gasteiger partial charge in [-0.25, -0.2) is 4.79 Å². The van der Waals surface area contributed by atoms with Gasteiger partial charge in [0.2, 0.25) is 0 Å². The lowest BCUT2D eigenvalue weighted by Crippen LogP contribution is -2.10. The number of nitrogens with one attached hydrogen (secondary N) is 2. The smallest absolute Gasteiger partial charge is 0.341 e. The van der Waals surface area contributed by atoms with Crippen LogP contribution in [0.4, 0.5) is 0 Å². The Labute approximate surface area is 179 Å². The molecule has 0 bridgehead atoms. The van der Waals surface area contributed by atoms with Crippen molar-refractivity contribution in [3.05, 3.63) is 83.4 Å². The Morgan fingerprint density at radius 3 is 1.90 bits per heavy atom. The summed E-state index contributed by atoms with van der Waals surface area (Å²) in [6.45, 7) is -0.234. The van der Waals surface area contributed by atoms with Gasteiger partial charge in [-0.15, -0.1) is 0 Å². The fraction of sp³-hybridized carbons (Fsp3) is 0.0870. The number of ether oxygens (including phenoxy) is 2. The molecule has 31 heavy (non-hydrogen) atoms. The standard InChI is InChI=1S/C23H22N4O4/c24-22(25)16-3-1-15(2-4-16)18-9-14(10-20(11-18)31-13-21(28)29)12-30-19-7-5-17(6-8-19)23(26)27/h1-11H,12-13H2,(H3,24,25)(H3,26,27)(H,28,29). The largest absolute Gasteiger partial charge is 0.489 e. The van der Waals surface area contributed by atoms with E-state index in [-0.39, 0.29) is 18.3 Å². The van der Waals surface area contributed by atoms with Gasteiger partial charge < -0.3 is 26.0 Å². The van der Waals surface area contributed by atoms with Gasteiger partial charge in [-0.05, 0) is 59.2 Å². The number of carboxylic acids is 1. The molecule has 0 aliphatic heterocycles. The van der Waals surface area contributed by atoms with Crippen LogP contribution in [0.3, 0.4) is 0 Å². The van der Waals surface area contributed by atoms with Crippen molar-refractivity contribution in [2.45, 2.75) is 6.61 Å². The Kier molecular flexibility index (Phi) is 6.51. The molecule has 0 radical (unpaired) electrons. The first-order valence-electron chi connectivity index (χ1n) is 9.32. The number of amidine groups is 2. The van der Waals surface area contributed by atoms with Crippen molar-refractivity contribution in [2.24, 2.45) is 11.5 Å². The molecule has 0 aromatic heterocycles. The van der Waals surface area contributed by atoms with E-state index in [9.17, 15) is 4.79 Å². The van der Waals surface area contributed by atoms with Gasteiger partial charge in [-0.3, -0.25) is 10.8 Å². The number of aliphatic carboxylic acids is 1. The van der Waals surface area contributed by atoms with Crippen molar-refractivity contribution < 1.29 is 19.4 Å². The van der Waals surface area contributed by atoms with Gasteiger partial charge in [0.25, 0.3) is 0 Å². The highest BCUT2D eigenvalue weighted by Gasteiger charge is 2.08. The number of benzene rings is 3. The number of hydrogen-bond acceptors (Lipinski definition) is 5. The molecule has 0 fully saturated rings. The minimum atomic E-state index is -1.07. The van der Waals surface area contributed by atoms with Gasteiger partial charge in [0.1, 0.15) is 29.8 Å². The van der Waals surface area contributed by atoms with Crippen LogP contribution < -0.4 is 20.9 Å². The Morgan fingerprint density at radius 1 is 0.774 bits per heavy atom. The number of nitrogen functional groups attached to an aromatic ring is 2.